The topological polar surface area (TPSA) is 78.4 Å². The first kappa shape index (κ1) is 19.0. The maximum Gasteiger partial charge on any atom is 0.416 e. The Bertz CT molecular complexity index is 571. The van der Waals surface area contributed by atoms with Crippen LogP contribution in [0.25, 0.3) is 0 Å². The number of carbonyl (C=O) groups excluding carboxylic acids is 2. The summed E-state index contributed by atoms with van der Waals surface area (Å²) in [5, 5.41) is 13.4. The highest BCUT2D eigenvalue weighted by Crippen LogP contribution is 2.30. The summed E-state index contributed by atoms with van der Waals surface area (Å²) in [7, 11) is 0. The van der Waals surface area contributed by atoms with E-state index in [-0.39, 0.29) is 18.8 Å². The molecule has 0 aliphatic carbocycles. The molecule has 1 aromatic rings. The fourth-order valence-electron chi connectivity index (χ4n) is 1.75. The Hall–Kier alpha value is -2.09. The number of hydrogen-bond acceptors (Lipinski definition) is 3. The Balaban J connectivity index is 2.64. The minimum Gasteiger partial charge on any atom is -0.396 e. The van der Waals surface area contributed by atoms with Crippen LogP contribution in [0.2, 0.25) is 0 Å². The molecule has 0 atom stereocenters. The summed E-state index contributed by atoms with van der Waals surface area (Å²) in [6, 6.07) is 4.02. The van der Waals surface area contributed by atoms with Crippen LogP contribution in [0.1, 0.15) is 25.8 Å². The van der Waals surface area contributed by atoms with Gasteiger partial charge in [0.05, 0.1) is 5.56 Å². The zero-order valence-corrected chi connectivity index (χ0v) is 12.8. The molecule has 1 rings (SSSR count). The Morgan fingerprint density at radius 3 is 2.39 bits per heavy atom. The quantitative estimate of drug-likeness (QED) is 0.723. The van der Waals surface area contributed by atoms with Crippen molar-refractivity contribution in [2.24, 2.45) is 5.41 Å². The molecule has 0 spiro atoms. The minimum absolute atomic E-state index is 0.0562. The molecule has 0 aromatic heterocycles. The second-order valence-corrected chi connectivity index (χ2v) is 5.85. The Morgan fingerprint density at radius 1 is 1.17 bits per heavy atom. The van der Waals surface area contributed by atoms with E-state index in [0.717, 1.165) is 18.2 Å². The lowest BCUT2D eigenvalue weighted by Crippen LogP contribution is -2.40. The number of aliphatic hydroxyl groups is 1. The van der Waals surface area contributed by atoms with E-state index in [1.54, 1.807) is 13.8 Å². The SMILES string of the molecule is CC(C)(CCO)CNC(=O)C(=O)Nc1cccc(C(F)(F)F)c1. The highest BCUT2D eigenvalue weighted by Gasteiger charge is 2.30. The van der Waals surface area contributed by atoms with Crippen LogP contribution in [0.4, 0.5) is 18.9 Å². The summed E-state index contributed by atoms with van der Waals surface area (Å²) in [5.41, 5.74) is -1.43. The summed E-state index contributed by atoms with van der Waals surface area (Å²) in [6.45, 7) is 3.70. The fraction of sp³-hybridized carbons (Fsp3) is 0.467. The summed E-state index contributed by atoms with van der Waals surface area (Å²) in [6.07, 6.45) is -4.10. The van der Waals surface area contributed by atoms with Gasteiger partial charge in [-0.2, -0.15) is 13.2 Å². The molecule has 0 aliphatic rings. The number of nitrogens with one attached hydrogen (secondary N) is 2. The standard InChI is InChI=1S/C15H19F3N2O3/c1-14(2,6-7-21)9-19-12(22)13(23)20-11-5-3-4-10(8-11)15(16,17)18/h3-5,8,21H,6-7,9H2,1-2H3,(H,19,22)(H,20,23). The van der Waals surface area contributed by atoms with Gasteiger partial charge in [0.25, 0.3) is 0 Å². The van der Waals surface area contributed by atoms with Crippen LogP contribution in [-0.4, -0.2) is 30.1 Å². The smallest absolute Gasteiger partial charge is 0.396 e. The highest BCUT2D eigenvalue weighted by atomic mass is 19.4. The van der Waals surface area contributed by atoms with Gasteiger partial charge in [-0.3, -0.25) is 9.59 Å². The van der Waals surface area contributed by atoms with Crippen LogP contribution in [0, 0.1) is 5.41 Å². The lowest BCUT2D eigenvalue weighted by atomic mass is 9.90. The monoisotopic (exact) mass is 332 g/mol. The second-order valence-electron chi connectivity index (χ2n) is 5.85. The van der Waals surface area contributed by atoms with E-state index in [1.165, 1.54) is 6.07 Å². The van der Waals surface area contributed by atoms with Crippen molar-refractivity contribution in [1.29, 1.82) is 0 Å². The van der Waals surface area contributed by atoms with Gasteiger partial charge in [0.1, 0.15) is 0 Å². The number of alkyl halides is 3. The van der Waals surface area contributed by atoms with Crippen molar-refractivity contribution >= 4 is 17.5 Å². The fourth-order valence-corrected chi connectivity index (χ4v) is 1.75. The first-order valence-electron chi connectivity index (χ1n) is 6.92. The van der Waals surface area contributed by atoms with Gasteiger partial charge in [-0.25, -0.2) is 0 Å². The van der Waals surface area contributed by atoms with Crippen molar-refractivity contribution in [3.63, 3.8) is 0 Å². The second kappa shape index (κ2) is 7.45. The van der Waals surface area contributed by atoms with Gasteiger partial charge in [0, 0.05) is 18.8 Å². The number of amides is 2. The van der Waals surface area contributed by atoms with Gasteiger partial charge in [-0.1, -0.05) is 19.9 Å². The third kappa shape index (κ3) is 6.27. The molecule has 0 unspecified atom stereocenters. The molecule has 0 saturated heterocycles. The number of carbonyl (C=O) groups is 2. The van der Waals surface area contributed by atoms with E-state index >= 15 is 0 Å². The molecule has 0 heterocycles. The molecular weight excluding hydrogens is 313 g/mol. The molecule has 3 N–H and O–H groups in total. The van der Waals surface area contributed by atoms with Crippen LogP contribution < -0.4 is 10.6 Å². The Morgan fingerprint density at radius 2 is 1.83 bits per heavy atom. The van der Waals surface area contributed by atoms with Gasteiger partial charge in [-0.15, -0.1) is 0 Å². The van der Waals surface area contributed by atoms with Crippen LogP contribution in [0.15, 0.2) is 24.3 Å². The zero-order valence-electron chi connectivity index (χ0n) is 12.8. The molecule has 0 aliphatic heterocycles. The molecule has 128 valence electrons. The Kier molecular flexibility index (Phi) is 6.14. The number of halogens is 3. The lowest BCUT2D eigenvalue weighted by molar-refractivity contribution is -0.137. The molecule has 5 nitrogen and oxygen atoms in total. The first-order valence-corrected chi connectivity index (χ1v) is 6.92. The summed E-state index contributed by atoms with van der Waals surface area (Å²) in [4.78, 5) is 23.4. The van der Waals surface area contributed by atoms with Gasteiger partial charge in [0.2, 0.25) is 0 Å². The maximum absolute atomic E-state index is 12.6. The van der Waals surface area contributed by atoms with Crippen molar-refractivity contribution in [1.82, 2.24) is 5.32 Å². The number of hydrogen-bond donors (Lipinski definition) is 3. The number of anilines is 1. The molecule has 23 heavy (non-hydrogen) atoms. The van der Waals surface area contributed by atoms with Crippen molar-refractivity contribution in [2.45, 2.75) is 26.4 Å². The van der Waals surface area contributed by atoms with Crippen LogP contribution in [-0.2, 0) is 15.8 Å². The normalized spacial score (nSPS) is 11.9. The van der Waals surface area contributed by atoms with Crippen molar-refractivity contribution < 1.29 is 27.9 Å². The van der Waals surface area contributed by atoms with Crippen LogP contribution >= 0.6 is 0 Å². The van der Waals surface area contributed by atoms with Crippen LogP contribution in [0.3, 0.4) is 0 Å². The summed E-state index contributed by atoms with van der Waals surface area (Å²) >= 11 is 0. The van der Waals surface area contributed by atoms with E-state index < -0.39 is 29.0 Å². The lowest BCUT2D eigenvalue weighted by Gasteiger charge is -2.23. The number of aliphatic hydroxyl groups excluding tert-OH is 1. The number of rotatable bonds is 5. The van der Waals surface area contributed by atoms with E-state index in [4.69, 9.17) is 5.11 Å². The average molecular weight is 332 g/mol. The molecule has 0 saturated carbocycles. The number of benzene rings is 1. The van der Waals surface area contributed by atoms with Gasteiger partial charge in [-0.05, 0) is 30.0 Å². The average Bonchev–Trinajstić information content (AvgIpc) is 2.44. The summed E-state index contributed by atoms with van der Waals surface area (Å²) < 4.78 is 37.7. The molecule has 0 fully saturated rings. The molecule has 8 heteroatoms. The van der Waals surface area contributed by atoms with E-state index in [1.807, 2.05) is 0 Å². The van der Waals surface area contributed by atoms with Crippen molar-refractivity contribution in [2.75, 3.05) is 18.5 Å². The van der Waals surface area contributed by atoms with Gasteiger partial charge < -0.3 is 15.7 Å². The molecule has 0 bridgehead atoms. The van der Waals surface area contributed by atoms with E-state index in [0.29, 0.717) is 6.42 Å². The van der Waals surface area contributed by atoms with Crippen molar-refractivity contribution in [3.05, 3.63) is 29.8 Å². The Labute approximate surface area is 131 Å². The third-order valence-electron chi connectivity index (χ3n) is 3.17. The maximum atomic E-state index is 12.6. The molecule has 1 aromatic carbocycles. The highest BCUT2D eigenvalue weighted by molar-refractivity contribution is 6.39. The predicted octanol–water partition coefficient (Wildman–Crippen LogP) is 2.17. The predicted molar refractivity (Wildman–Crippen MR) is 78.6 cm³/mol. The van der Waals surface area contributed by atoms with E-state index in [2.05, 4.69) is 10.6 Å². The van der Waals surface area contributed by atoms with Gasteiger partial charge in [0.15, 0.2) is 0 Å². The van der Waals surface area contributed by atoms with Crippen LogP contribution in [0.5, 0.6) is 0 Å². The van der Waals surface area contributed by atoms with Crippen molar-refractivity contribution in [3.8, 4) is 0 Å². The third-order valence-corrected chi connectivity index (χ3v) is 3.17. The zero-order chi connectivity index (χ0) is 17.7. The summed E-state index contributed by atoms with van der Waals surface area (Å²) in [5.74, 6) is -2.00. The molecule has 2 amide bonds. The molecule has 0 radical (unpaired) electrons. The largest absolute Gasteiger partial charge is 0.416 e. The van der Waals surface area contributed by atoms with E-state index in [9.17, 15) is 22.8 Å². The van der Waals surface area contributed by atoms with Gasteiger partial charge >= 0.3 is 18.0 Å². The molecular formula is C15H19F3N2O3. The first-order chi connectivity index (χ1) is 10.5. The minimum atomic E-state index is -4.53.